The summed E-state index contributed by atoms with van der Waals surface area (Å²) in [5.74, 6) is 0.411. The summed E-state index contributed by atoms with van der Waals surface area (Å²) in [7, 11) is 0. The van der Waals surface area contributed by atoms with Crippen LogP contribution in [0.2, 0.25) is 0 Å². The van der Waals surface area contributed by atoms with Crippen LogP contribution in [0, 0.1) is 0 Å². The molecule has 4 nitrogen and oxygen atoms in total. The van der Waals surface area contributed by atoms with Gasteiger partial charge in [-0.3, -0.25) is 5.01 Å². The van der Waals surface area contributed by atoms with E-state index < -0.39 is 0 Å². The summed E-state index contributed by atoms with van der Waals surface area (Å²) in [6, 6.07) is 12.3. The maximum absolute atomic E-state index is 10.9. The highest BCUT2D eigenvalue weighted by Crippen LogP contribution is 2.42. The molecule has 0 saturated heterocycles. The van der Waals surface area contributed by atoms with Crippen LogP contribution in [0.5, 0.6) is 5.75 Å². The summed E-state index contributed by atoms with van der Waals surface area (Å²) < 4.78 is 0. The second kappa shape index (κ2) is 8.34. The molecule has 2 aromatic rings. The van der Waals surface area contributed by atoms with Crippen LogP contribution in [0.3, 0.4) is 0 Å². The molecule has 28 heavy (non-hydrogen) atoms. The van der Waals surface area contributed by atoms with E-state index in [9.17, 15) is 5.11 Å². The first-order chi connectivity index (χ1) is 13.0. The van der Waals surface area contributed by atoms with Crippen molar-refractivity contribution < 1.29 is 5.11 Å². The van der Waals surface area contributed by atoms with Crippen LogP contribution in [-0.2, 0) is 10.8 Å². The fraction of sp³-hybridized carbons (Fsp3) is 0.500. The molecule has 0 aliphatic rings. The largest absolute Gasteiger partial charge is 0.507 e. The van der Waals surface area contributed by atoms with Gasteiger partial charge >= 0.3 is 0 Å². The Bertz CT molecular complexity index is 785. The van der Waals surface area contributed by atoms with Gasteiger partial charge in [-0.1, -0.05) is 58.9 Å². The van der Waals surface area contributed by atoms with Crippen LogP contribution in [0.1, 0.15) is 66.5 Å². The minimum Gasteiger partial charge on any atom is -0.507 e. The van der Waals surface area contributed by atoms with Crippen molar-refractivity contribution in [2.45, 2.75) is 66.2 Å². The number of rotatable bonds is 5. The Balaban J connectivity index is 2.47. The van der Waals surface area contributed by atoms with E-state index in [1.54, 1.807) is 0 Å². The molecule has 2 rings (SSSR count). The molecule has 0 aromatic heterocycles. The zero-order valence-electron chi connectivity index (χ0n) is 18.7. The van der Waals surface area contributed by atoms with E-state index >= 15 is 0 Å². The Morgan fingerprint density at radius 3 is 1.64 bits per heavy atom. The molecule has 0 spiro atoms. The first kappa shape index (κ1) is 21.9. The number of aromatic hydroxyl groups is 1. The van der Waals surface area contributed by atoms with Gasteiger partial charge in [0.2, 0.25) is 0 Å². The van der Waals surface area contributed by atoms with Crippen molar-refractivity contribution >= 4 is 5.69 Å². The fourth-order valence-corrected chi connectivity index (χ4v) is 3.13. The maximum Gasteiger partial charge on any atom is 0.123 e. The molecule has 0 amide bonds. The summed E-state index contributed by atoms with van der Waals surface area (Å²) >= 11 is 0. The van der Waals surface area contributed by atoms with Crippen molar-refractivity contribution in [2.24, 2.45) is 10.3 Å². The molecule has 4 heteroatoms. The Hall–Kier alpha value is -2.36. The van der Waals surface area contributed by atoms with Gasteiger partial charge < -0.3 is 5.11 Å². The minimum absolute atomic E-state index is 0.141. The number of hydrogen-bond donors (Lipinski definition) is 1. The van der Waals surface area contributed by atoms with Gasteiger partial charge in [-0.2, -0.15) is 0 Å². The van der Waals surface area contributed by atoms with Gasteiger partial charge in [0.05, 0.1) is 5.69 Å². The number of nitrogens with zero attached hydrogens (tertiary/aromatic N) is 3. The second-order valence-electron chi connectivity index (χ2n) is 9.30. The Morgan fingerprint density at radius 1 is 0.786 bits per heavy atom. The van der Waals surface area contributed by atoms with Gasteiger partial charge in [0.1, 0.15) is 5.75 Å². The number of phenols is 1. The monoisotopic (exact) mass is 381 g/mol. The highest BCUT2D eigenvalue weighted by atomic mass is 16.3. The van der Waals surface area contributed by atoms with E-state index in [1.165, 1.54) is 0 Å². The quantitative estimate of drug-likeness (QED) is 0.448. The Kier molecular flexibility index (Phi) is 6.53. The topological polar surface area (TPSA) is 48.2 Å². The predicted octanol–water partition coefficient (Wildman–Crippen LogP) is 6.99. The first-order valence-corrected chi connectivity index (χ1v) is 10.1. The second-order valence-corrected chi connectivity index (χ2v) is 9.30. The lowest BCUT2D eigenvalue weighted by atomic mass is 9.78. The molecule has 0 fully saturated rings. The van der Waals surface area contributed by atoms with Crippen LogP contribution < -0.4 is 0 Å². The lowest BCUT2D eigenvalue weighted by Gasteiger charge is -2.28. The number of benzene rings is 2. The summed E-state index contributed by atoms with van der Waals surface area (Å²) in [5, 5.41) is 21.4. The minimum atomic E-state index is -0.141. The summed E-state index contributed by atoms with van der Waals surface area (Å²) in [6.07, 6.45) is 0. The third-order valence-corrected chi connectivity index (χ3v) is 4.94. The van der Waals surface area contributed by atoms with Gasteiger partial charge in [0.15, 0.2) is 0 Å². The molecular formula is C24H35N3O. The third-order valence-electron chi connectivity index (χ3n) is 4.94. The molecule has 0 unspecified atom stereocenters. The maximum atomic E-state index is 10.9. The standard InChI is InChI=1S/C24H35N3O/c1-9-27(10-2)26-25-19-13-11-17(12-14-19)18-15-20(23(3,4)5)22(28)21(16-18)24(6,7)8/h11-16,28H,9-10H2,1-8H3/b26-25+. The van der Waals surface area contributed by atoms with Crippen LogP contribution in [0.15, 0.2) is 46.7 Å². The van der Waals surface area contributed by atoms with Crippen molar-refractivity contribution in [3.8, 4) is 16.9 Å². The van der Waals surface area contributed by atoms with Gasteiger partial charge in [-0.15, -0.1) is 5.11 Å². The van der Waals surface area contributed by atoms with Crippen LogP contribution in [0.4, 0.5) is 5.69 Å². The molecule has 0 atom stereocenters. The molecule has 1 N–H and O–H groups in total. The van der Waals surface area contributed by atoms with E-state index in [4.69, 9.17) is 0 Å². The van der Waals surface area contributed by atoms with Gasteiger partial charge in [-0.25, -0.2) is 0 Å². The van der Waals surface area contributed by atoms with Crippen molar-refractivity contribution in [2.75, 3.05) is 13.1 Å². The van der Waals surface area contributed by atoms with E-state index in [2.05, 4.69) is 90.0 Å². The highest BCUT2D eigenvalue weighted by molar-refractivity contribution is 5.70. The average Bonchev–Trinajstić information content (AvgIpc) is 2.61. The lowest BCUT2D eigenvalue weighted by Crippen LogP contribution is -2.17. The molecule has 0 aliphatic heterocycles. The zero-order valence-corrected chi connectivity index (χ0v) is 18.7. The van der Waals surface area contributed by atoms with E-state index in [-0.39, 0.29) is 10.8 Å². The number of phenolic OH excluding ortho intramolecular Hbond substituents is 1. The molecule has 0 heterocycles. The van der Waals surface area contributed by atoms with Crippen molar-refractivity contribution in [1.29, 1.82) is 0 Å². The Labute approximate surface area is 170 Å². The molecule has 0 aliphatic carbocycles. The third kappa shape index (κ3) is 5.12. The molecule has 0 saturated carbocycles. The van der Waals surface area contributed by atoms with Crippen LogP contribution in [0.25, 0.3) is 11.1 Å². The van der Waals surface area contributed by atoms with Gasteiger partial charge in [0, 0.05) is 24.2 Å². The molecule has 2 aromatic carbocycles. The van der Waals surface area contributed by atoms with Gasteiger partial charge in [0.25, 0.3) is 0 Å². The fourth-order valence-electron chi connectivity index (χ4n) is 3.13. The zero-order chi connectivity index (χ0) is 21.1. The number of hydrogen-bond acceptors (Lipinski definition) is 3. The van der Waals surface area contributed by atoms with E-state index in [1.807, 2.05) is 17.1 Å². The summed E-state index contributed by atoms with van der Waals surface area (Å²) in [5.41, 5.74) is 4.72. The van der Waals surface area contributed by atoms with E-state index in [0.29, 0.717) is 5.75 Å². The SMILES string of the molecule is CCN(CC)/N=N/c1ccc(-c2cc(C(C)(C)C)c(O)c(C(C)(C)C)c2)cc1. The lowest BCUT2D eigenvalue weighted by molar-refractivity contribution is 0.301. The molecular weight excluding hydrogens is 346 g/mol. The molecule has 0 bridgehead atoms. The van der Waals surface area contributed by atoms with Crippen LogP contribution >= 0.6 is 0 Å². The summed E-state index contributed by atoms with van der Waals surface area (Å²) in [4.78, 5) is 0. The van der Waals surface area contributed by atoms with Crippen molar-refractivity contribution in [3.63, 3.8) is 0 Å². The Morgan fingerprint density at radius 2 is 1.25 bits per heavy atom. The smallest absolute Gasteiger partial charge is 0.123 e. The van der Waals surface area contributed by atoms with Crippen molar-refractivity contribution in [1.82, 2.24) is 5.01 Å². The first-order valence-electron chi connectivity index (χ1n) is 10.1. The normalized spacial score (nSPS) is 12.6. The highest BCUT2D eigenvalue weighted by Gasteiger charge is 2.26. The van der Waals surface area contributed by atoms with Gasteiger partial charge in [-0.05, 0) is 60.1 Å². The van der Waals surface area contributed by atoms with E-state index in [0.717, 1.165) is 41.0 Å². The molecule has 0 radical (unpaired) electrons. The molecule has 152 valence electrons. The van der Waals surface area contributed by atoms with Crippen LogP contribution in [-0.4, -0.2) is 23.2 Å². The van der Waals surface area contributed by atoms with Crippen molar-refractivity contribution in [3.05, 3.63) is 47.5 Å². The average molecular weight is 382 g/mol. The summed E-state index contributed by atoms with van der Waals surface area (Å²) in [6.45, 7) is 18.6. The predicted molar refractivity (Wildman–Crippen MR) is 118 cm³/mol.